The molecule has 22 heavy (non-hydrogen) atoms. The lowest BCUT2D eigenvalue weighted by molar-refractivity contribution is -0.127. The van der Waals surface area contributed by atoms with Gasteiger partial charge in [-0.3, -0.25) is 4.79 Å². The number of rotatable bonds is 5. The van der Waals surface area contributed by atoms with Gasteiger partial charge in [-0.15, -0.1) is 22.7 Å². The second-order valence-electron chi connectivity index (χ2n) is 4.80. The van der Waals surface area contributed by atoms with Crippen molar-refractivity contribution in [2.75, 3.05) is 14.1 Å². The number of likely N-dealkylation sites (N-methyl/N-ethyl adjacent to an activating group) is 1. The minimum absolute atomic E-state index is 0.0735. The van der Waals surface area contributed by atoms with Crippen molar-refractivity contribution in [1.82, 2.24) is 19.9 Å². The highest BCUT2D eigenvalue weighted by Gasteiger charge is 2.11. The summed E-state index contributed by atoms with van der Waals surface area (Å²) in [7, 11) is 3.52. The lowest BCUT2D eigenvalue weighted by Gasteiger charge is -2.07. The van der Waals surface area contributed by atoms with Crippen molar-refractivity contribution in [2.45, 2.75) is 17.2 Å². The smallest absolute Gasteiger partial charge is 0.228 e. The number of nitrogens with zero attached hydrogens (tertiary/aromatic N) is 4. The summed E-state index contributed by atoms with van der Waals surface area (Å²) in [6, 6.07) is 2.05. The topological polar surface area (TPSA) is 59.0 Å². The van der Waals surface area contributed by atoms with Gasteiger partial charge in [0.1, 0.15) is 21.2 Å². The van der Waals surface area contributed by atoms with Crippen LogP contribution in [0.5, 0.6) is 0 Å². The Morgan fingerprint density at radius 2 is 2.18 bits per heavy atom. The van der Waals surface area contributed by atoms with E-state index in [1.165, 1.54) is 11.3 Å². The van der Waals surface area contributed by atoms with E-state index in [-0.39, 0.29) is 5.91 Å². The van der Waals surface area contributed by atoms with Crippen LogP contribution in [0.1, 0.15) is 10.7 Å². The Kier molecular flexibility index (Phi) is 4.70. The minimum atomic E-state index is 0.0735. The molecule has 0 spiro atoms. The van der Waals surface area contributed by atoms with Gasteiger partial charge in [0.15, 0.2) is 0 Å². The van der Waals surface area contributed by atoms with Crippen LogP contribution < -0.4 is 0 Å². The number of thiazole rings is 1. The summed E-state index contributed by atoms with van der Waals surface area (Å²) in [6.07, 6.45) is 1.97. The Morgan fingerprint density at radius 1 is 1.32 bits per heavy atom. The van der Waals surface area contributed by atoms with Crippen molar-refractivity contribution in [3.05, 3.63) is 33.9 Å². The molecular formula is C14H14N4OS3. The maximum absolute atomic E-state index is 11.7. The van der Waals surface area contributed by atoms with Gasteiger partial charge in [-0.25, -0.2) is 15.0 Å². The molecule has 1 amide bonds. The first-order valence-corrected chi connectivity index (χ1v) is 9.32. The van der Waals surface area contributed by atoms with Gasteiger partial charge in [-0.05, 0) is 11.4 Å². The van der Waals surface area contributed by atoms with Gasteiger partial charge in [0, 0.05) is 30.6 Å². The molecule has 5 nitrogen and oxygen atoms in total. The van der Waals surface area contributed by atoms with E-state index in [4.69, 9.17) is 0 Å². The Hall–Kier alpha value is -1.51. The van der Waals surface area contributed by atoms with E-state index in [1.54, 1.807) is 48.4 Å². The first-order chi connectivity index (χ1) is 10.6. The number of amides is 1. The van der Waals surface area contributed by atoms with Crippen LogP contribution in [0.2, 0.25) is 0 Å². The maximum Gasteiger partial charge on any atom is 0.228 e. The van der Waals surface area contributed by atoms with E-state index in [2.05, 4.69) is 15.0 Å². The zero-order chi connectivity index (χ0) is 15.5. The van der Waals surface area contributed by atoms with Crippen molar-refractivity contribution < 1.29 is 4.79 Å². The van der Waals surface area contributed by atoms with Crippen molar-refractivity contribution in [3.63, 3.8) is 0 Å². The molecule has 0 aromatic carbocycles. The number of hydrogen-bond donors (Lipinski definition) is 0. The molecule has 0 aliphatic rings. The highest BCUT2D eigenvalue weighted by Crippen LogP contribution is 2.30. The fourth-order valence-corrected chi connectivity index (χ4v) is 4.37. The monoisotopic (exact) mass is 350 g/mol. The molecule has 0 saturated carbocycles. The first-order valence-electron chi connectivity index (χ1n) is 6.58. The molecule has 3 aromatic rings. The van der Waals surface area contributed by atoms with E-state index in [1.807, 2.05) is 16.8 Å². The standard InChI is InChI=1S/C14H14N4OS3/c1-18(2)12(19)5-11-17-9(6-21-11)7-22-14-10-3-4-20-13(10)15-8-16-14/h3-4,6,8H,5,7H2,1-2H3. The molecule has 0 atom stereocenters. The van der Waals surface area contributed by atoms with Gasteiger partial charge >= 0.3 is 0 Å². The van der Waals surface area contributed by atoms with Gasteiger partial charge in [-0.1, -0.05) is 11.8 Å². The minimum Gasteiger partial charge on any atom is -0.348 e. The van der Waals surface area contributed by atoms with E-state index < -0.39 is 0 Å². The molecule has 0 N–H and O–H groups in total. The van der Waals surface area contributed by atoms with E-state index in [0.29, 0.717) is 6.42 Å². The quantitative estimate of drug-likeness (QED) is 0.523. The number of thiophene rings is 1. The van der Waals surface area contributed by atoms with Crippen LogP contribution in [0.15, 0.2) is 28.2 Å². The van der Waals surface area contributed by atoms with Gasteiger partial charge in [0.2, 0.25) is 5.91 Å². The molecule has 0 aliphatic heterocycles. The van der Waals surface area contributed by atoms with Gasteiger partial charge in [-0.2, -0.15) is 0 Å². The number of aromatic nitrogens is 3. The molecule has 8 heteroatoms. The van der Waals surface area contributed by atoms with Crippen LogP contribution in [-0.2, 0) is 17.0 Å². The highest BCUT2D eigenvalue weighted by molar-refractivity contribution is 7.98. The fraction of sp³-hybridized carbons (Fsp3) is 0.286. The van der Waals surface area contributed by atoms with E-state index in [0.717, 1.165) is 31.7 Å². The molecule has 0 radical (unpaired) electrons. The van der Waals surface area contributed by atoms with Crippen molar-refractivity contribution in [2.24, 2.45) is 0 Å². The Morgan fingerprint density at radius 3 is 3.00 bits per heavy atom. The zero-order valence-electron chi connectivity index (χ0n) is 12.1. The van der Waals surface area contributed by atoms with Crippen molar-refractivity contribution >= 4 is 50.6 Å². The Balaban J connectivity index is 1.66. The summed E-state index contributed by atoms with van der Waals surface area (Å²) in [4.78, 5) is 27.4. The fourth-order valence-electron chi connectivity index (χ4n) is 1.81. The second-order valence-corrected chi connectivity index (χ2v) is 7.61. The average Bonchev–Trinajstić information content (AvgIpc) is 3.13. The second kappa shape index (κ2) is 6.72. The summed E-state index contributed by atoms with van der Waals surface area (Å²) in [6.45, 7) is 0. The molecule has 3 aromatic heterocycles. The van der Waals surface area contributed by atoms with Crippen LogP contribution in [0.4, 0.5) is 0 Å². The zero-order valence-corrected chi connectivity index (χ0v) is 14.6. The molecule has 3 heterocycles. The normalized spacial score (nSPS) is 11.0. The summed E-state index contributed by atoms with van der Waals surface area (Å²) < 4.78 is 0. The third kappa shape index (κ3) is 3.45. The molecular weight excluding hydrogens is 336 g/mol. The van der Waals surface area contributed by atoms with Crippen molar-refractivity contribution in [3.8, 4) is 0 Å². The van der Waals surface area contributed by atoms with Crippen LogP contribution in [-0.4, -0.2) is 39.9 Å². The SMILES string of the molecule is CN(C)C(=O)Cc1nc(CSc2ncnc3sccc23)cs1. The number of carbonyl (C=O) groups excluding carboxylic acids is 1. The predicted octanol–water partition coefficient (Wildman–Crippen LogP) is 3.07. The molecule has 3 rings (SSSR count). The summed E-state index contributed by atoms with van der Waals surface area (Å²) in [5.74, 6) is 0.818. The number of fused-ring (bicyclic) bond motifs is 1. The summed E-state index contributed by atoms with van der Waals surface area (Å²) in [5.41, 5.74) is 0.985. The predicted molar refractivity (Wildman–Crippen MR) is 91.5 cm³/mol. The molecule has 0 fully saturated rings. The third-order valence-corrected chi connectivity index (χ3v) is 5.74. The molecule has 0 bridgehead atoms. The van der Waals surface area contributed by atoms with Crippen LogP contribution in [0.25, 0.3) is 10.2 Å². The lowest BCUT2D eigenvalue weighted by atomic mass is 10.4. The molecule has 0 unspecified atom stereocenters. The first kappa shape index (κ1) is 15.4. The Bertz CT molecular complexity index is 796. The van der Waals surface area contributed by atoms with E-state index in [9.17, 15) is 4.79 Å². The molecule has 114 valence electrons. The number of carbonyl (C=O) groups is 1. The van der Waals surface area contributed by atoms with Crippen LogP contribution in [0, 0.1) is 0 Å². The highest BCUT2D eigenvalue weighted by atomic mass is 32.2. The molecule has 0 aliphatic carbocycles. The molecule has 0 saturated heterocycles. The lowest BCUT2D eigenvalue weighted by Crippen LogP contribution is -2.23. The Labute approximate surface area is 140 Å². The van der Waals surface area contributed by atoms with Crippen molar-refractivity contribution in [1.29, 1.82) is 0 Å². The summed E-state index contributed by atoms with van der Waals surface area (Å²) in [5, 5.41) is 6.97. The number of hydrogen-bond acceptors (Lipinski definition) is 7. The number of thioether (sulfide) groups is 1. The summed E-state index contributed by atoms with van der Waals surface area (Å²) >= 11 is 4.80. The van der Waals surface area contributed by atoms with Crippen LogP contribution >= 0.6 is 34.4 Å². The van der Waals surface area contributed by atoms with Crippen LogP contribution in [0.3, 0.4) is 0 Å². The van der Waals surface area contributed by atoms with Gasteiger partial charge < -0.3 is 4.90 Å². The van der Waals surface area contributed by atoms with Gasteiger partial charge in [0.25, 0.3) is 0 Å². The average molecular weight is 350 g/mol. The largest absolute Gasteiger partial charge is 0.348 e. The third-order valence-electron chi connectivity index (χ3n) is 2.98. The maximum atomic E-state index is 11.7. The van der Waals surface area contributed by atoms with E-state index >= 15 is 0 Å². The van der Waals surface area contributed by atoms with Gasteiger partial charge in [0.05, 0.1) is 12.1 Å².